The van der Waals surface area contributed by atoms with Crippen LogP contribution in [0.1, 0.15) is 22.3 Å². The van der Waals surface area contributed by atoms with Gasteiger partial charge in [0.25, 0.3) is 0 Å². The number of rotatable bonds is 4. The Balaban J connectivity index is 1.94. The molecule has 5 nitrogen and oxygen atoms in total. The lowest BCUT2D eigenvalue weighted by atomic mass is 10.1. The first kappa shape index (κ1) is 16.8. The zero-order valence-electron chi connectivity index (χ0n) is 14.6. The lowest BCUT2D eigenvalue weighted by Crippen LogP contribution is -2.05. The van der Waals surface area contributed by atoms with E-state index < -0.39 is 5.97 Å². The van der Waals surface area contributed by atoms with Crippen LogP contribution in [0.15, 0.2) is 47.1 Å². The van der Waals surface area contributed by atoms with Crippen molar-refractivity contribution in [3.63, 3.8) is 0 Å². The van der Waals surface area contributed by atoms with Crippen LogP contribution < -0.4 is 9.47 Å². The number of hydrogen-bond donors (Lipinski definition) is 0. The molecule has 1 aliphatic heterocycles. The number of nitrogens with zero attached hydrogens (tertiary/aromatic N) is 1. The van der Waals surface area contributed by atoms with Gasteiger partial charge in [0.2, 0.25) is 5.90 Å². The summed E-state index contributed by atoms with van der Waals surface area (Å²) >= 11 is 0. The van der Waals surface area contributed by atoms with Crippen LogP contribution in [-0.4, -0.2) is 26.1 Å². The van der Waals surface area contributed by atoms with Crippen LogP contribution in [-0.2, 0) is 9.53 Å². The molecule has 0 atom stereocenters. The van der Waals surface area contributed by atoms with E-state index in [0.717, 1.165) is 16.7 Å². The molecule has 2 aromatic carbocycles. The highest BCUT2D eigenvalue weighted by molar-refractivity contribution is 6.12. The Morgan fingerprint density at radius 2 is 1.72 bits per heavy atom. The zero-order chi connectivity index (χ0) is 18.0. The first-order valence-corrected chi connectivity index (χ1v) is 7.84. The number of esters is 1. The van der Waals surface area contributed by atoms with Crippen LogP contribution in [0, 0.1) is 13.8 Å². The van der Waals surface area contributed by atoms with E-state index in [9.17, 15) is 4.79 Å². The number of carbonyl (C=O) groups is 1. The standard InChI is InChI=1S/C20H19NO4/c1-12-5-7-15(9-13(12)2)19-21-16(20(22)25-19)10-14-6-8-17(23-3)18(11-14)24-4/h5-11H,1-4H3. The molecule has 0 fully saturated rings. The Bertz CT molecular complexity index is 897. The summed E-state index contributed by atoms with van der Waals surface area (Å²) in [7, 11) is 3.14. The van der Waals surface area contributed by atoms with Crippen LogP contribution in [0.3, 0.4) is 0 Å². The van der Waals surface area contributed by atoms with Gasteiger partial charge in [-0.05, 0) is 60.9 Å². The summed E-state index contributed by atoms with van der Waals surface area (Å²) in [6, 6.07) is 11.2. The minimum absolute atomic E-state index is 0.250. The molecule has 2 aromatic rings. The molecule has 0 N–H and O–H groups in total. The molecule has 0 amide bonds. The Morgan fingerprint density at radius 1 is 0.960 bits per heavy atom. The van der Waals surface area contributed by atoms with Crippen LogP contribution in [0.2, 0.25) is 0 Å². The van der Waals surface area contributed by atoms with Crippen LogP contribution in [0.25, 0.3) is 6.08 Å². The maximum absolute atomic E-state index is 12.1. The monoisotopic (exact) mass is 337 g/mol. The number of carbonyl (C=O) groups excluding carboxylic acids is 1. The predicted molar refractivity (Wildman–Crippen MR) is 96.1 cm³/mol. The van der Waals surface area contributed by atoms with Crippen molar-refractivity contribution in [2.24, 2.45) is 4.99 Å². The fraction of sp³-hybridized carbons (Fsp3) is 0.200. The fourth-order valence-electron chi connectivity index (χ4n) is 2.51. The molecule has 0 aromatic heterocycles. The van der Waals surface area contributed by atoms with Gasteiger partial charge in [0.1, 0.15) is 0 Å². The molecule has 1 aliphatic rings. The highest BCUT2D eigenvalue weighted by Gasteiger charge is 2.24. The molecule has 3 rings (SSSR count). The van der Waals surface area contributed by atoms with Crippen molar-refractivity contribution < 1.29 is 19.0 Å². The second-order valence-corrected chi connectivity index (χ2v) is 5.75. The molecule has 0 spiro atoms. The topological polar surface area (TPSA) is 57.1 Å². The summed E-state index contributed by atoms with van der Waals surface area (Å²) < 4.78 is 15.8. The Kier molecular flexibility index (Phi) is 4.57. The minimum atomic E-state index is -0.469. The maximum Gasteiger partial charge on any atom is 0.363 e. The van der Waals surface area contributed by atoms with Gasteiger partial charge < -0.3 is 14.2 Å². The van der Waals surface area contributed by atoms with Gasteiger partial charge in [0.05, 0.1) is 14.2 Å². The highest BCUT2D eigenvalue weighted by Crippen LogP contribution is 2.29. The minimum Gasteiger partial charge on any atom is -0.493 e. The second-order valence-electron chi connectivity index (χ2n) is 5.75. The SMILES string of the molecule is COc1ccc(C=C2N=C(c3ccc(C)c(C)c3)OC2=O)cc1OC. The number of benzene rings is 2. The number of ether oxygens (including phenoxy) is 3. The van der Waals surface area contributed by atoms with E-state index in [-0.39, 0.29) is 5.70 Å². The number of aryl methyl sites for hydroxylation is 2. The third-order valence-corrected chi connectivity index (χ3v) is 4.09. The first-order valence-electron chi connectivity index (χ1n) is 7.84. The van der Waals surface area contributed by atoms with Gasteiger partial charge in [0, 0.05) is 5.56 Å². The summed E-state index contributed by atoms with van der Waals surface area (Å²) in [5, 5.41) is 0. The van der Waals surface area contributed by atoms with Gasteiger partial charge in [-0.2, -0.15) is 0 Å². The quantitative estimate of drug-likeness (QED) is 0.631. The van der Waals surface area contributed by atoms with E-state index in [1.54, 1.807) is 32.4 Å². The summed E-state index contributed by atoms with van der Waals surface area (Å²) in [6.45, 7) is 4.04. The van der Waals surface area contributed by atoms with E-state index in [0.29, 0.717) is 17.4 Å². The highest BCUT2D eigenvalue weighted by atomic mass is 16.6. The fourth-order valence-corrected chi connectivity index (χ4v) is 2.51. The second kappa shape index (κ2) is 6.81. The van der Waals surface area contributed by atoms with Crippen LogP contribution >= 0.6 is 0 Å². The largest absolute Gasteiger partial charge is 0.493 e. The van der Waals surface area contributed by atoms with Crippen LogP contribution in [0.4, 0.5) is 0 Å². The lowest BCUT2D eigenvalue weighted by Gasteiger charge is -2.07. The molecule has 128 valence electrons. The van der Waals surface area contributed by atoms with Crippen molar-refractivity contribution in [1.29, 1.82) is 0 Å². The van der Waals surface area contributed by atoms with Crippen molar-refractivity contribution in [1.82, 2.24) is 0 Å². The van der Waals surface area contributed by atoms with Gasteiger partial charge in [-0.25, -0.2) is 9.79 Å². The Hall–Kier alpha value is -3.08. The molecule has 0 saturated heterocycles. The molecule has 1 heterocycles. The smallest absolute Gasteiger partial charge is 0.363 e. The Labute approximate surface area is 146 Å². The summed E-state index contributed by atoms with van der Waals surface area (Å²) in [5.41, 5.74) is 4.10. The number of hydrogen-bond acceptors (Lipinski definition) is 5. The van der Waals surface area contributed by atoms with Crippen molar-refractivity contribution in [2.75, 3.05) is 14.2 Å². The normalized spacial score (nSPS) is 15.1. The molecular weight excluding hydrogens is 318 g/mol. The van der Waals surface area contributed by atoms with Crippen LogP contribution in [0.5, 0.6) is 11.5 Å². The number of methoxy groups -OCH3 is 2. The van der Waals surface area contributed by atoms with Crippen molar-refractivity contribution >= 4 is 17.9 Å². The predicted octanol–water partition coefficient (Wildman–Crippen LogP) is 3.67. The zero-order valence-corrected chi connectivity index (χ0v) is 14.6. The third-order valence-electron chi connectivity index (χ3n) is 4.09. The third kappa shape index (κ3) is 3.40. The van der Waals surface area contributed by atoms with Gasteiger partial charge in [-0.1, -0.05) is 12.1 Å². The Morgan fingerprint density at radius 3 is 2.40 bits per heavy atom. The van der Waals surface area contributed by atoms with Crippen molar-refractivity contribution in [3.05, 3.63) is 64.3 Å². The molecule has 0 bridgehead atoms. The first-order chi connectivity index (χ1) is 12.0. The van der Waals surface area contributed by atoms with Crippen molar-refractivity contribution in [3.8, 4) is 11.5 Å². The van der Waals surface area contributed by atoms with Gasteiger partial charge in [-0.15, -0.1) is 0 Å². The molecule has 0 radical (unpaired) electrons. The van der Waals surface area contributed by atoms with E-state index in [1.807, 2.05) is 38.1 Å². The average Bonchev–Trinajstić information content (AvgIpc) is 2.97. The van der Waals surface area contributed by atoms with Gasteiger partial charge in [0.15, 0.2) is 17.2 Å². The summed E-state index contributed by atoms with van der Waals surface area (Å²) in [6.07, 6.45) is 1.67. The number of cyclic esters (lactones) is 1. The summed E-state index contributed by atoms with van der Waals surface area (Å²) in [5.74, 6) is 1.06. The molecule has 0 unspecified atom stereocenters. The van der Waals surface area contributed by atoms with Gasteiger partial charge in [-0.3, -0.25) is 0 Å². The van der Waals surface area contributed by atoms with E-state index in [2.05, 4.69) is 4.99 Å². The molecule has 5 heteroatoms. The van der Waals surface area contributed by atoms with E-state index in [4.69, 9.17) is 14.2 Å². The molecule has 0 aliphatic carbocycles. The van der Waals surface area contributed by atoms with Gasteiger partial charge >= 0.3 is 5.97 Å². The lowest BCUT2D eigenvalue weighted by molar-refractivity contribution is -0.129. The maximum atomic E-state index is 12.1. The molecule has 25 heavy (non-hydrogen) atoms. The molecule has 0 saturated carbocycles. The summed E-state index contributed by atoms with van der Waals surface area (Å²) in [4.78, 5) is 16.5. The number of aliphatic imine (C=N–C) groups is 1. The van der Waals surface area contributed by atoms with E-state index >= 15 is 0 Å². The molecular formula is C20H19NO4. The van der Waals surface area contributed by atoms with Crippen molar-refractivity contribution in [2.45, 2.75) is 13.8 Å². The average molecular weight is 337 g/mol. The van der Waals surface area contributed by atoms with E-state index in [1.165, 1.54) is 5.56 Å².